The van der Waals surface area contributed by atoms with Crippen molar-refractivity contribution in [3.63, 3.8) is 0 Å². The minimum absolute atomic E-state index is 0.117. The van der Waals surface area contributed by atoms with E-state index >= 15 is 0 Å². The van der Waals surface area contributed by atoms with Crippen LogP contribution in [0.2, 0.25) is 0 Å². The maximum Gasteiger partial charge on any atom is 0.364 e. The highest BCUT2D eigenvalue weighted by atomic mass is 19.3. The van der Waals surface area contributed by atoms with Crippen molar-refractivity contribution in [2.45, 2.75) is 107 Å². The molecular formula is C23H33F7O. The van der Waals surface area contributed by atoms with Gasteiger partial charge < -0.3 is 4.74 Å². The van der Waals surface area contributed by atoms with Crippen molar-refractivity contribution in [1.29, 1.82) is 0 Å². The molecule has 0 aromatic rings. The van der Waals surface area contributed by atoms with Crippen LogP contribution in [-0.4, -0.2) is 43.1 Å². The molecule has 3 saturated carbocycles. The van der Waals surface area contributed by atoms with Gasteiger partial charge in [-0.1, -0.05) is 18.9 Å². The molecule has 8 heteroatoms. The summed E-state index contributed by atoms with van der Waals surface area (Å²) in [5.41, 5.74) is 0. The van der Waals surface area contributed by atoms with Crippen LogP contribution in [0.4, 0.5) is 30.7 Å². The molecule has 0 N–H and O–H groups in total. The second-order valence-electron chi connectivity index (χ2n) is 9.69. The quantitative estimate of drug-likeness (QED) is 0.288. The Morgan fingerprint density at radius 3 is 1.84 bits per heavy atom. The molecule has 31 heavy (non-hydrogen) atoms. The Morgan fingerprint density at radius 1 is 0.774 bits per heavy atom. The Morgan fingerprint density at radius 2 is 1.32 bits per heavy atom. The first-order valence-electron chi connectivity index (χ1n) is 11.5. The number of hydrogen-bond acceptors (Lipinski definition) is 1. The zero-order valence-electron chi connectivity index (χ0n) is 17.7. The first-order valence-corrected chi connectivity index (χ1v) is 11.5. The van der Waals surface area contributed by atoms with Gasteiger partial charge in [0, 0.05) is 12.8 Å². The summed E-state index contributed by atoms with van der Waals surface area (Å²) in [7, 11) is 0. The molecule has 0 saturated heterocycles. The lowest BCUT2D eigenvalue weighted by atomic mass is 9.67. The van der Waals surface area contributed by atoms with Gasteiger partial charge in [-0.3, -0.25) is 0 Å². The lowest BCUT2D eigenvalue weighted by Gasteiger charge is -2.43. The second-order valence-corrected chi connectivity index (χ2v) is 9.69. The maximum absolute atomic E-state index is 14.8. The van der Waals surface area contributed by atoms with Gasteiger partial charge in [-0.15, -0.1) is 6.58 Å². The molecule has 0 amide bonds. The molecule has 0 bridgehead atoms. The Balaban J connectivity index is 1.55. The third-order valence-corrected chi connectivity index (χ3v) is 7.55. The third-order valence-electron chi connectivity index (χ3n) is 7.55. The zero-order valence-corrected chi connectivity index (χ0v) is 17.7. The summed E-state index contributed by atoms with van der Waals surface area (Å²) in [6.07, 6.45) is -11.3. The predicted octanol–water partition coefficient (Wildman–Crippen LogP) is 7.25. The highest BCUT2D eigenvalue weighted by Gasteiger charge is 2.56. The lowest BCUT2D eigenvalue weighted by molar-refractivity contribution is -0.323. The Bertz CT molecular complexity index is 556. The number of halogens is 7. The van der Waals surface area contributed by atoms with E-state index < -0.39 is 61.8 Å². The third kappa shape index (κ3) is 5.97. The van der Waals surface area contributed by atoms with Gasteiger partial charge in [-0.05, 0) is 56.3 Å². The first-order chi connectivity index (χ1) is 14.6. The summed E-state index contributed by atoms with van der Waals surface area (Å²) < 4.78 is 104. The Labute approximate surface area is 179 Å². The number of rotatable bonds is 7. The largest absolute Gasteiger partial charge is 0.364 e. The summed E-state index contributed by atoms with van der Waals surface area (Å²) in [5.74, 6) is -1.92. The van der Waals surface area contributed by atoms with E-state index in [0.717, 1.165) is 38.5 Å². The van der Waals surface area contributed by atoms with Gasteiger partial charge in [0.1, 0.15) is 30.6 Å². The average molecular weight is 459 g/mol. The van der Waals surface area contributed by atoms with Crippen molar-refractivity contribution >= 4 is 0 Å². The molecule has 3 fully saturated rings. The van der Waals surface area contributed by atoms with Crippen LogP contribution >= 0.6 is 0 Å². The molecule has 0 aromatic heterocycles. The van der Waals surface area contributed by atoms with Crippen LogP contribution < -0.4 is 0 Å². The van der Waals surface area contributed by atoms with Gasteiger partial charge in [0.25, 0.3) is 0 Å². The standard InChI is InChI=1S/C23H33F7O/c1-2-3-4-13-5-7-14(8-6-13)15-9-17(24)21(18(25)10-15)23(29,30)31-16-11-19(26)22(28)20(27)12-16/h2,13-22H,1,3-12H2. The number of allylic oxidation sites excluding steroid dienone is 1. The fraction of sp³-hybridized carbons (Fsp3) is 0.913. The first kappa shape index (κ1) is 24.8. The molecule has 0 aliphatic heterocycles. The van der Waals surface area contributed by atoms with Crippen LogP contribution in [0.5, 0.6) is 0 Å². The second kappa shape index (κ2) is 10.4. The van der Waals surface area contributed by atoms with Gasteiger partial charge in [-0.2, -0.15) is 8.78 Å². The maximum atomic E-state index is 14.8. The molecule has 0 heterocycles. The number of alkyl halides is 7. The molecular weight excluding hydrogens is 425 g/mol. The van der Waals surface area contributed by atoms with Crippen molar-refractivity contribution < 1.29 is 35.5 Å². The molecule has 0 aromatic carbocycles. The molecule has 0 spiro atoms. The van der Waals surface area contributed by atoms with Crippen LogP contribution in [-0.2, 0) is 4.74 Å². The van der Waals surface area contributed by atoms with Crippen molar-refractivity contribution in [1.82, 2.24) is 0 Å². The summed E-state index contributed by atoms with van der Waals surface area (Å²) in [5, 5.41) is 0. The van der Waals surface area contributed by atoms with Crippen molar-refractivity contribution in [3.05, 3.63) is 12.7 Å². The number of hydrogen-bond donors (Lipinski definition) is 0. The van der Waals surface area contributed by atoms with Crippen LogP contribution in [0, 0.1) is 23.7 Å². The monoisotopic (exact) mass is 458 g/mol. The molecule has 3 aliphatic rings. The van der Waals surface area contributed by atoms with Crippen molar-refractivity contribution in [2.24, 2.45) is 23.7 Å². The minimum Gasteiger partial charge on any atom is -0.317 e. The summed E-state index contributed by atoms with van der Waals surface area (Å²) in [6.45, 7) is 3.72. The molecule has 4 atom stereocenters. The average Bonchev–Trinajstić information content (AvgIpc) is 2.69. The van der Waals surface area contributed by atoms with Gasteiger partial charge >= 0.3 is 6.11 Å². The number of ether oxygens (including phenoxy) is 1. The topological polar surface area (TPSA) is 9.23 Å². The normalized spacial score (nSPS) is 44.7. The van der Waals surface area contributed by atoms with Crippen LogP contribution in [0.3, 0.4) is 0 Å². The molecule has 4 unspecified atom stereocenters. The van der Waals surface area contributed by atoms with Gasteiger partial charge in [-0.25, -0.2) is 22.0 Å². The van der Waals surface area contributed by atoms with Crippen LogP contribution in [0.15, 0.2) is 12.7 Å². The lowest BCUT2D eigenvalue weighted by Crippen LogP contribution is -2.52. The highest BCUT2D eigenvalue weighted by Crippen LogP contribution is 2.49. The fourth-order valence-electron chi connectivity index (χ4n) is 5.78. The zero-order chi connectivity index (χ0) is 22.8. The van der Waals surface area contributed by atoms with E-state index in [1.54, 1.807) is 0 Å². The van der Waals surface area contributed by atoms with E-state index in [2.05, 4.69) is 11.3 Å². The van der Waals surface area contributed by atoms with E-state index in [9.17, 15) is 30.7 Å². The SMILES string of the molecule is C=CCCC1CCC(C2CC(F)C(C(F)(F)OC3CC(F)C(F)C(F)C3)C(F)C2)CC1. The van der Waals surface area contributed by atoms with E-state index in [4.69, 9.17) is 0 Å². The van der Waals surface area contributed by atoms with E-state index in [1.165, 1.54) is 0 Å². The van der Waals surface area contributed by atoms with E-state index in [-0.39, 0.29) is 24.7 Å². The Hall–Kier alpha value is -0.790. The van der Waals surface area contributed by atoms with Gasteiger partial charge in [0.15, 0.2) is 6.17 Å². The fourth-order valence-corrected chi connectivity index (χ4v) is 5.78. The van der Waals surface area contributed by atoms with Gasteiger partial charge in [0.05, 0.1) is 6.10 Å². The minimum atomic E-state index is -4.21. The smallest absolute Gasteiger partial charge is 0.317 e. The Kier molecular flexibility index (Phi) is 8.36. The highest BCUT2D eigenvalue weighted by molar-refractivity contribution is 4.95. The molecule has 1 nitrogen and oxygen atoms in total. The van der Waals surface area contributed by atoms with E-state index in [0.29, 0.717) is 5.92 Å². The van der Waals surface area contributed by atoms with E-state index in [1.807, 2.05) is 6.08 Å². The van der Waals surface area contributed by atoms with Crippen LogP contribution in [0.25, 0.3) is 0 Å². The molecule has 0 radical (unpaired) electrons. The van der Waals surface area contributed by atoms with Gasteiger partial charge in [0.2, 0.25) is 0 Å². The summed E-state index contributed by atoms with van der Waals surface area (Å²) in [6, 6.07) is 0. The van der Waals surface area contributed by atoms with Crippen LogP contribution in [0.1, 0.15) is 64.2 Å². The summed E-state index contributed by atoms with van der Waals surface area (Å²) >= 11 is 0. The molecule has 180 valence electrons. The predicted molar refractivity (Wildman–Crippen MR) is 105 cm³/mol. The molecule has 3 aliphatic carbocycles. The summed E-state index contributed by atoms with van der Waals surface area (Å²) in [4.78, 5) is 0. The van der Waals surface area contributed by atoms with Crippen molar-refractivity contribution in [2.75, 3.05) is 0 Å². The molecule has 3 rings (SSSR count). The van der Waals surface area contributed by atoms with Crippen molar-refractivity contribution in [3.8, 4) is 0 Å².